The van der Waals surface area contributed by atoms with Crippen molar-refractivity contribution in [3.05, 3.63) is 54.0 Å². The van der Waals surface area contributed by atoms with Gasteiger partial charge < -0.3 is 20.6 Å². The lowest BCUT2D eigenvalue weighted by Crippen LogP contribution is -2.41. The summed E-state index contributed by atoms with van der Waals surface area (Å²) in [6.07, 6.45) is 7.18. The number of aromatic hydroxyl groups is 1. The van der Waals surface area contributed by atoms with Gasteiger partial charge in [0.25, 0.3) is 16.8 Å². The first-order valence-corrected chi connectivity index (χ1v) is 13.2. The summed E-state index contributed by atoms with van der Waals surface area (Å²) in [5.74, 6) is -0.715. The topological polar surface area (TPSA) is 125 Å². The van der Waals surface area contributed by atoms with Crippen LogP contribution in [0.3, 0.4) is 0 Å². The van der Waals surface area contributed by atoms with Gasteiger partial charge in [0.05, 0.1) is 27.3 Å². The minimum Gasteiger partial charge on any atom is -0.504 e. The standard InChI is InChI=1S/C26H31N5O4S/c1-13-28-16-9-11-26(2,3)24(23(16)36-13)30-18-17(21(33)22(18)34)29-15-10-12-27-19(20(15)32)25(35)31(4)14-7-5-6-8-14/h10,12,14,24,30,32H,5-9,11H2,1-4H3,(H,27,29). The number of carbonyl (C=O) groups is 1. The summed E-state index contributed by atoms with van der Waals surface area (Å²) < 4.78 is 0. The van der Waals surface area contributed by atoms with Crippen LogP contribution in [0, 0.1) is 12.3 Å². The van der Waals surface area contributed by atoms with Crippen molar-refractivity contribution in [2.24, 2.45) is 5.41 Å². The van der Waals surface area contributed by atoms with E-state index < -0.39 is 10.9 Å². The first-order valence-electron chi connectivity index (χ1n) is 12.4. The zero-order valence-corrected chi connectivity index (χ0v) is 21.8. The van der Waals surface area contributed by atoms with Crippen molar-refractivity contribution in [2.75, 3.05) is 17.7 Å². The van der Waals surface area contributed by atoms with E-state index in [1.165, 1.54) is 12.3 Å². The Morgan fingerprint density at radius 2 is 1.89 bits per heavy atom. The second kappa shape index (κ2) is 8.99. The molecule has 1 fully saturated rings. The number of aromatic nitrogens is 2. The lowest BCUT2D eigenvalue weighted by Gasteiger charge is -2.39. The highest BCUT2D eigenvalue weighted by Gasteiger charge is 2.40. The molecule has 2 heterocycles. The first-order chi connectivity index (χ1) is 17.1. The summed E-state index contributed by atoms with van der Waals surface area (Å²) in [7, 11) is 1.72. The quantitative estimate of drug-likeness (QED) is 0.426. The van der Waals surface area contributed by atoms with Gasteiger partial charge in [0, 0.05) is 19.3 Å². The number of amides is 1. The Morgan fingerprint density at radius 1 is 1.19 bits per heavy atom. The van der Waals surface area contributed by atoms with Crippen LogP contribution in [0.5, 0.6) is 5.75 Å². The number of nitrogens with one attached hydrogen (secondary N) is 2. The number of anilines is 3. The van der Waals surface area contributed by atoms with Crippen molar-refractivity contribution in [2.45, 2.75) is 71.4 Å². The molecule has 2 aromatic heterocycles. The highest BCUT2D eigenvalue weighted by Crippen LogP contribution is 2.47. The maximum Gasteiger partial charge on any atom is 0.276 e. The van der Waals surface area contributed by atoms with E-state index in [0.717, 1.165) is 54.1 Å². The fourth-order valence-corrected chi connectivity index (χ4v) is 6.59. The fraction of sp³-hybridized carbons (Fsp3) is 0.500. The van der Waals surface area contributed by atoms with E-state index >= 15 is 0 Å². The van der Waals surface area contributed by atoms with Gasteiger partial charge in [0.1, 0.15) is 11.4 Å². The maximum atomic E-state index is 13.0. The van der Waals surface area contributed by atoms with Gasteiger partial charge in [0.2, 0.25) is 0 Å². The molecule has 10 heteroatoms. The van der Waals surface area contributed by atoms with E-state index in [2.05, 4.69) is 34.4 Å². The van der Waals surface area contributed by atoms with Crippen LogP contribution in [-0.2, 0) is 6.42 Å². The minimum atomic E-state index is -0.668. The van der Waals surface area contributed by atoms with Crippen LogP contribution in [0.2, 0.25) is 0 Å². The molecule has 1 aromatic carbocycles. The van der Waals surface area contributed by atoms with Gasteiger partial charge in [0.15, 0.2) is 11.4 Å². The van der Waals surface area contributed by atoms with Crippen LogP contribution in [0.15, 0.2) is 21.9 Å². The van der Waals surface area contributed by atoms with E-state index in [4.69, 9.17) is 0 Å². The summed E-state index contributed by atoms with van der Waals surface area (Å²) in [5, 5.41) is 18.1. The van der Waals surface area contributed by atoms with Gasteiger partial charge >= 0.3 is 0 Å². The maximum absolute atomic E-state index is 13.0. The lowest BCUT2D eigenvalue weighted by atomic mass is 9.74. The molecule has 0 bridgehead atoms. The largest absolute Gasteiger partial charge is 0.504 e. The number of hydrogen-bond acceptors (Lipinski definition) is 9. The molecule has 0 spiro atoms. The van der Waals surface area contributed by atoms with Crippen molar-refractivity contribution < 1.29 is 9.90 Å². The molecule has 2 aliphatic carbocycles. The predicted octanol–water partition coefficient (Wildman–Crippen LogP) is 4.03. The third-order valence-electron chi connectivity index (χ3n) is 7.66. The van der Waals surface area contributed by atoms with E-state index in [9.17, 15) is 19.5 Å². The van der Waals surface area contributed by atoms with Crippen molar-refractivity contribution in [3.8, 4) is 5.75 Å². The highest BCUT2D eigenvalue weighted by molar-refractivity contribution is 7.11. The Bertz CT molecular complexity index is 1400. The van der Waals surface area contributed by atoms with Crippen LogP contribution in [0.25, 0.3) is 0 Å². The fourth-order valence-electron chi connectivity index (χ4n) is 5.35. The molecular formula is C26H31N5O4S. The van der Waals surface area contributed by atoms with Crippen molar-refractivity contribution >= 4 is 34.3 Å². The van der Waals surface area contributed by atoms with Crippen LogP contribution >= 0.6 is 11.3 Å². The summed E-state index contributed by atoms with van der Waals surface area (Å²) in [5.41, 5.74) is -0.0688. The second-order valence-corrected chi connectivity index (χ2v) is 11.8. The minimum absolute atomic E-state index is 0.0770. The molecular weight excluding hydrogens is 478 g/mol. The van der Waals surface area contributed by atoms with Gasteiger partial charge in [-0.15, -0.1) is 11.3 Å². The zero-order chi connectivity index (χ0) is 25.8. The lowest BCUT2D eigenvalue weighted by molar-refractivity contribution is 0.0726. The first kappa shape index (κ1) is 24.4. The predicted molar refractivity (Wildman–Crippen MR) is 140 cm³/mol. The number of thiazole rings is 1. The van der Waals surface area contributed by atoms with Gasteiger partial charge in [-0.05, 0) is 44.1 Å². The molecule has 3 N–H and O–H groups in total. The number of fused-ring (bicyclic) bond motifs is 1. The molecule has 1 amide bonds. The van der Waals surface area contributed by atoms with Gasteiger partial charge in [-0.3, -0.25) is 14.4 Å². The number of hydrogen-bond donors (Lipinski definition) is 3. The number of carbonyl (C=O) groups excluding carboxylic acids is 1. The van der Waals surface area contributed by atoms with E-state index in [0.29, 0.717) is 0 Å². The van der Waals surface area contributed by atoms with Crippen LogP contribution in [0.1, 0.15) is 78.1 Å². The second-order valence-electron chi connectivity index (χ2n) is 10.6. The monoisotopic (exact) mass is 509 g/mol. The molecule has 1 atom stereocenters. The van der Waals surface area contributed by atoms with E-state index in [-0.39, 0.29) is 51.9 Å². The Labute approximate surface area is 213 Å². The summed E-state index contributed by atoms with van der Waals surface area (Å²) in [6, 6.07) is 1.43. The molecule has 1 unspecified atom stereocenters. The molecule has 3 aromatic rings. The van der Waals surface area contributed by atoms with E-state index in [1.807, 2.05) is 6.92 Å². The Hall–Kier alpha value is -3.27. The number of pyridine rings is 1. The number of rotatable bonds is 6. The summed E-state index contributed by atoms with van der Waals surface area (Å²) >= 11 is 1.60. The van der Waals surface area contributed by atoms with Crippen molar-refractivity contribution in [3.63, 3.8) is 0 Å². The molecule has 1 saturated carbocycles. The zero-order valence-electron chi connectivity index (χ0n) is 21.0. The molecule has 0 radical (unpaired) electrons. The van der Waals surface area contributed by atoms with Crippen molar-refractivity contribution in [1.82, 2.24) is 14.9 Å². The number of aryl methyl sites for hydroxylation is 2. The van der Waals surface area contributed by atoms with Gasteiger partial charge in [-0.25, -0.2) is 9.97 Å². The molecule has 9 nitrogen and oxygen atoms in total. The smallest absolute Gasteiger partial charge is 0.276 e. The Kier molecular flexibility index (Phi) is 6.10. The Morgan fingerprint density at radius 3 is 2.61 bits per heavy atom. The average molecular weight is 510 g/mol. The summed E-state index contributed by atoms with van der Waals surface area (Å²) in [6.45, 7) is 6.23. The SMILES string of the molecule is Cc1nc2c(s1)C(Nc1c(Nc3ccnc(C(=O)N(C)C4CCCC4)c3O)c(=O)c1=O)C(C)(C)CC2. The molecule has 2 aliphatic rings. The Balaban J connectivity index is 1.42. The summed E-state index contributed by atoms with van der Waals surface area (Å²) in [4.78, 5) is 49.6. The third-order valence-corrected chi connectivity index (χ3v) is 8.74. The third kappa shape index (κ3) is 4.07. The molecule has 0 aliphatic heterocycles. The van der Waals surface area contributed by atoms with Crippen molar-refractivity contribution in [1.29, 1.82) is 0 Å². The molecule has 0 saturated heterocycles. The normalized spacial score (nSPS) is 19.3. The van der Waals surface area contributed by atoms with Crippen LogP contribution < -0.4 is 21.5 Å². The average Bonchev–Trinajstić information content (AvgIpc) is 3.51. The van der Waals surface area contributed by atoms with Crippen LogP contribution in [-0.4, -0.2) is 39.0 Å². The molecule has 36 heavy (non-hydrogen) atoms. The van der Waals surface area contributed by atoms with Gasteiger partial charge in [-0.1, -0.05) is 26.7 Å². The molecule has 5 rings (SSSR count). The highest BCUT2D eigenvalue weighted by atomic mass is 32.1. The molecule has 190 valence electrons. The number of nitrogens with zero attached hydrogens (tertiary/aromatic N) is 3. The van der Waals surface area contributed by atoms with Gasteiger partial charge in [-0.2, -0.15) is 0 Å². The van der Waals surface area contributed by atoms with E-state index in [1.54, 1.807) is 23.3 Å². The van der Waals surface area contributed by atoms with Crippen LogP contribution in [0.4, 0.5) is 17.1 Å².